The molecule has 0 unspecified atom stereocenters. The van der Waals surface area contributed by atoms with Gasteiger partial charge >= 0.3 is 0 Å². The summed E-state index contributed by atoms with van der Waals surface area (Å²) >= 11 is 0. The van der Waals surface area contributed by atoms with Gasteiger partial charge in [0, 0.05) is 25.0 Å². The Balaban J connectivity index is 1.64. The first-order valence-electron chi connectivity index (χ1n) is 7.38. The van der Waals surface area contributed by atoms with E-state index in [-0.39, 0.29) is 12.1 Å². The maximum Gasteiger partial charge on any atom is 0.263 e. The molecular weight excluding hydrogens is 280 g/mol. The standard InChI is InChI=1S/C16H20N4O2/c1-11(12(2)20-8-5-7-18-20)17-10-14-13(3)22-16(19-14)15-6-4-9-21-15/h4-9,11-12,17H,10H2,1-3H3/t11-,12+/m1/s1. The second kappa shape index (κ2) is 6.19. The smallest absolute Gasteiger partial charge is 0.263 e. The molecule has 0 aliphatic rings. The van der Waals surface area contributed by atoms with Crippen molar-refractivity contribution in [3.63, 3.8) is 0 Å². The molecule has 6 nitrogen and oxygen atoms in total. The van der Waals surface area contributed by atoms with Gasteiger partial charge in [0.1, 0.15) is 5.76 Å². The molecule has 0 radical (unpaired) electrons. The van der Waals surface area contributed by atoms with Gasteiger partial charge in [-0.05, 0) is 39.0 Å². The van der Waals surface area contributed by atoms with Crippen LogP contribution in [0.2, 0.25) is 0 Å². The topological polar surface area (TPSA) is 69.0 Å². The van der Waals surface area contributed by atoms with Crippen LogP contribution in [0, 0.1) is 6.92 Å². The summed E-state index contributed by atoms with van der Waals surface area (Å²) in [7, 11) is 0. The molecule has 0 aromatic carbocycles. The van der Waals surface area contributed by atoms with Crippen molar-refractivity contribution in [1.29, 1.82) is 0 Å². The molecule has 1 N–H and O–H groups in total. The van der Waals surface area contributed by atoms with Gasteiger partial charge in [0.15, 0.2) is 5.76 Å². The van der Waals surface area contributed by atoms with E-state index < -0.39 is 0 Å². The zero-order valence-corrected chi connectivity index (χ0v) is 13.0. The lowest BCUT2D eigenvalue weighted by molar-refractivity contribution is 0.363. The first kappa shape index (κ1) is 14.6. The molecule has 0 saturated heterocycles. The number of rotatable bonds is 6. The number of hydrogen-bond acceptors (Lipinski definition) is 5. The Morgan fingerprint density at radius 2 is 2.18 bits per heavy atom. The molecule has 2 atom stereocenters. The van der Waals surface area contributed by atoms with E-state index in [2.05, 4.69) is 29.2 Å². The van der Waals surface area contributed by atoms with E-state index in [0.29, 0.717) is 18.2 Å². The summed E-state index contributed by atoms with van der Waals surface area (Å²) < 4.78 is 12.9. The highest BCUT2D eigenvalue weighted by Gasteiger charge is 2.17. The van der Waals surface area contributed by atoms with Crippen LogP contribution in [-0.2, 0) is 6.54 Å². The number of furan rings is 1. The summed E-state index contributed by atoms with van der Waals surface area (Å²) in [5.74, 6) is 1.97. The Bertz CT molecular complexity index is 701. The van der Waals surface area contributed by atoms with Crippen LogP contribution < -0.4 is 5.32 Å². The molecule has 3 heterocycles. The summed E-state index contributed by atoms with van der Waals surface area (Å²) in [5, 5.41) is 7.75. The summed E-state index contributed by atoms with van der Waals surface area (Å²) in [5.41, 5.74) is 0.894. The first-order chi connectivity index (χ1) is 10.6. The highest BCUT2D eigenvalue weighted by Crippen LogP contribution is 2.22. The molecule has 22 heavy (non-hydrogen) atoms. The van der Waals surface area contributed by atoms with Crippen LogP contribution in [0.15, 0.2) is 45.7 Å². The average molecular weight is 300 g/mol. The fraction of sp³-hybridized carbons (Fsp3) is 0.375. The normalized spacial score (nSPS) is 14.1. The van der Waals surface area contributed by atoms with Gasteiger partial charge < -0.3 is 14.2 Å². The minimum atomic E-state index is 0.253. The van der Waals surface area contributed by atoms with Crippen LogP contribution >= 0.6 is 0 Å². The lowest BCUT2D eigenvalue weighted by Crippen LogP contribution is -2.33. The minimum Gasteiger partial charge on any atom is -0.459 e. The Kier molecular flexibility index (Phi) is 4.11. The Morgan fingerprint density at radius 1 is 1.32 bits per heavy atom. The summed E-state index contributed by atoms with van der Waals surface area (Å²) in [4.78, 5) is 4.50. The quantitative estimate of drug-likeness (QED) is 0.757. The fourth-order valence-electron chi connectivity index (χ4n) is 2.28. The summed E-state index contributed by atoms with van der Waals surface area (Å²) in [6.07, 6.45) is 5.38. The van der Waals surface area contributed by atoms with Gasteiger partial charge in [-0.15, -0.1) is 0 Å². The zero-order chi connectivity index (χ0) is 15.5. The zero-order valence-electron chi connectivity index (χ0n) is 13.0. The van der Waals surface area contributed by atoms with E-state index in [0.717, 1.165) is 11.5 Å². The van der Waals surface area contributed by atoms with E-state index in [1.54, 1.807) is 12.5 Å². The van der Waals surface area contributed by atoms with E-state index >= 15 is 0 Å². The number of oxazole rings is 1. The van der Waals surface area contributed by atoms with Crippen molar-refractivity contribution in [1.82, 2.24) is 20.1 Å². The molecule has 0 aliphatic heterocycles. The molecule has 0 amide bonds. The van der Waals surface area contributed by atoms with Crippen molar-refractivity contribution < 1.29 is 8.83 Å². The van der Waals surface area contributed by atoms with Gasteiger partial charge in [0.05, 0.1) is 18.0 Å². The van der Waals surface area contributed by atoms with Gasteiger partial charge in [-0.25, -0.2) is 4.98 Å². The van der Waals surface area contributed by atoms with Crippen LogP contribution in [0.1, 0.15) is 31.3 Å². The van der Waals surface area contributed by atoms with E-state index in [1.807, 2.05) is 36.0 Å². The Hall–Kier alpha value is -2.34. The Labute approximate surface area is 129 Å². The van der Waals surface area contributed by atoms with Gasteiger partial charge in [-0.2, -0.15) is 5.10 Å². The van der Waals surface area contributed by atoms with Crippen LogP contribution in [-0.4, -0.2) is 20.8 Å². The number of nitrogens with one attached hydrogen (secondary N) is 1. The van der Waals surface area contributed by atoms with Crippen molar-refractivity contribution in [2.45, 2.75) is 39.4 Å². The third kappa shape index (κ3) is 2.96. The third-order valence-corrected chi connectivity index (χ3v) is 3.88. The average Bonchev–Trinajstić information content (AvgIpc) is 3.25. The first-order valence-corrected chi connectivity index (χ1v) is 7.38. The molecule has 0 spiro atoms. The van der Waals surface area contributed by atoms with Crippen LogP contribution in [0.25, 0.3) is 11.7 Å². The molecule has 6 heteroatoms. The van der Waals surface area contributed by atoms with Gasteiger partial charge in [0.2, 0.25) is 0 Å². The van der Waals surface area contributed by atoms with Crippen molar-refractivity contribution in [2.75, 3.05) is 0 Å². The second-order valence-corrected chi connectivity index (χ2v) is 5.40. The number of nitrogens with zero attached hydrogens (tertiary/aromatic N) is 3. The van der Waals surface area contributed by atoms with Crippen LogP contribution in [0.4, 0.5) is 0 Å². The molecule has 0 fully saturated rings. The molecule has 3 aromatic rings. The van der Waals surface area contributed by atoms with Crippen molar-refractivity contribution >= 4 is 0 Å². The number of aromatic nitrogens is 3. The van der Waals surface area contributed by atoms with Crippen LogP contribution in [0.5, 0.6) is 0 Å². The molecule has 3 rings (SSSR count). The molecular formula is C16H20N4O2. The van der Waals surface area contributed by atoms with E-state index in [1.165, 1.54) is 0 Å². The third-order valence-electron chi connectivity index (χ3n) is 3.88. The molecule has 0 bridgehead atoms. The van der Waals surface area contributed by atoms with E-state index in [9.17, 15) is 0 Å². The summed E-state index contributed by atoms with van der Waals surface area (Å²) in [6, 6.07) is 6.10. The largest absolute Gasteiger partial charge is 0.459 e. The summed E-state index contributed by atoms with van der Waals surface area (Å²) in [6.45, 7) is 6.82. The lowest BCUT2D eigenvalue weighted by atomic mass is 10.1. The molecule has 3 aromatic heterocycles. The monoisotopic (exact) mass is 300 g/mol. The predicted molar refractivity (Wildman–Crippen MR) is 82.2 cm³/mol. The number of hydrogen-bond donors (Lipinski definition) is 1. The van der Waals surface area contributed by atoms with Crippen molar-refractivity contribution in [3.05, 3.63) is 48.3 Å². The van der Waals surface area contributed by atoms with Gasteiger partial charge in [0.25, 0.3) is 5.89 Å². The maximum absolute atomic E-state index is 5.66. The highest BCUT2D eigenvalue weighted by molar-refractivity contribution is 5.44. The SMILES string of the molecule is Cc1oc(-c2ccco2)nc1CN[C@H](C)[C@H](C)n1cccn1. The van der Waals surface area contributed by atoms with E-state index in [4.69, 9.17) is 8.83 Å². The van der Waals surface area contributed by atoms with Crippen molar-refractivity contribution in [2.24, 2.45) is 0 Å². The fourth-order valence-corrected chi connectivity index (χ4v) is 2.28. The Morgan fingerprint density at radius 3 is 2.86 bits per heavy atom. The van der Waals surface area contributed by atoms with Crippen molar-refractivity contribution in [3.8, 4) is 11.7 Å². The predicted octanol–water partition coefficient (Wildman–Crippen LogP) is 3.18. The molecule has 0 aliphatic carbocycles. The highest BCUT2D eigenvalue weighted by atomic mass is 16.4. The van der Waals surface area contributed by atoms with Crippen LogP contribution in [0.3, 0.4) is 0 Å². The van der Waals surface area contributed by atoms with Gasteiger partial charge in [-0.3, -0.25) is 4.68 Å². The number of aryl methyl sites for hydroxylation is 1. The van der Waals surface area contributed by atoms with Gasteiger partial charge in [-0.1, -0.05) is 0 Å². The lowest BCUT2D eigenvalue weighted by Gasteiger charge is -2.21. The maximum atomic E-state index is 5.66. The molecule has 0 saturated carbocycles. The second-order valence-electron chi connectivity index (χ2n) is 5.40. The molecule has 116 valence electrons. The minimum absolute atomic E-state index is 0.253.